The summed E-state index contributed by atoms with van der Waals surface area (Å²) in [7, 11) is 2.65. The summed E-state index contributed by atoms with van der Waals surface area (Å²) in [5, 5.41) is 0. The molecule has 0 saturated carbocycles. The molecule has 0 unspecified atom stereocenters. The lowest BCUT2D eigenvalue weighted by molar-refractivity contribution is 0.125. The molecule has 0 aliphatic carbocycles. The molecular weight excluding hydrogens is 174 g/mol. The first-order valence-electron chi connectivity index (χ1n) is 4.01. The summed E-state index contributed by atoms with van der Waals surface area (Å²) >= 11 is 0. The van der Waals surface area contributed by atoms with Crippen molar-refractivity contribution in [3.05, 3.63) is 0 Å². The van der Waals surface area contributed by atoms with Crippen LogP contribution in [0.4, 0.5) is 0 Å². The third-order valence-electron chi connectivity index (χ3n) is 1.37. The highest BCUT2D eigenvalue weighted by Gasteiger charge is 2.34. The third kappa shape index (κ3) is 5.67. The molecule has 0 aromatic heterocycles. The van der Waals surface area contributed by atoms with E-state index in [4.69, 9.17) is 19.0 Å². The van der Waals surface area contributed by atoms with Crippen molar-refractivity contribution in [3.63, 3.8) is 0 Å². The monoisotopic (exact) mass is 195 g/mol. The van der Waals surface area contributed by atoms with Gasteiger partial charge in [0, 0.05) is 27.4 Å². The number of nitrogens with two attached hydrogens (primary N) is 1. The molecule has 0 spiro atoms. The molecule has 0 aliphatic rings. The molecule has 4 nitrogen and oxygen atoms in total. The van der Waals surface area contributed by atoms with E-state index in [9.17, 15) is 0 Å². The molecule has 0 saturated heterocycles. The molecule has 0 bridgehead atoms. The molecule has 0 amide bonds. The van der Waals surface area contributed by atoms with Crippen molar-refractivity contribution in [2.45, 2.75) is 19.9 Å². The van der Waals surface area contributed by atoms with E-state index in [-0.39, 0.29) is 0 Å². The molecule has 2 N–H and O–H groups in total. The van der Waals surface area contributed by atoms with Gasteiger partial charge < -0.3 is 19.0 Å². The van der Waals surface area contributed by atoms with Crippen LogP contribution >= 0.6 is 0 Å². The second kappa shape index (κ2) is 9.15. The van der Waals surface area contributed by atoms with Crippen LogP contribution in [0, 0.1) is 0 Å². The highest BCUT2D eigenvalue weighted by Crippen LogP contribution is 2.10. The molecule has 0 aromatic carbocycles. The van der Waals surface area contributed by atoms with Crippen molar-refractivity contribution in [2.75, 3.05) is 27.9 Å². The Kier molecular flexibility index (Phi) is 11.1. The van der Waals surface area contributed by atoms with Crippen molar-refractivity contribution < 1.29 is 13.3 Å². The Balaban J connectivity index is 0. The topological polar surface area (TPSA) is 53.7 Å². The molecule has 0 aromatic rings. The van der Waals surface area contributed by atoms with Gasteiger partial charge in [-0.15, -0.1) is 0 Å². The van der Waals surface area contributed by atoms with Crippen molar-refractivity contribution >= 4 is 8.80 Å². The Morgan fingerprint density at radius 3 is 1.25 bits per heavy atom. The lowest BCUT2D eigenvalue weighted by Crippen LogP contribution is -2.41. The van der Waals surface area contributed by atoms with E-state index in [2.05, 4.69) is 0 Å². The summed E-state index contributed by atoms with van der Waals surface area (Å²) in [6, 6.07) is 0.816. The molecule has 0 atom stereocenters. The van der Waals surface area contributed by atoms with Gasteiger partial charge in [0.25, 0.3) is 0 Å². The van der Waals surface area contributed by atoms with Gasteiger partial charge in [0.05, 0.1) is 0 Å². The zero-order valence-corrected chi connectivity index (χ0v) is 9.72. The van der Waals surface area contributed by atoms with Gasteiger partial charge in [0.2, 0.25) is 0 Å². The van der Waals surface area contributed by atoms with Gasteiger partial charge in [-0.05, 0) is 6.54 Å². The molecule has 5 heteroatoms. The maximum Gasteiger partial charge on any atom is 0.499 e. The van der Waals surface area contributed by atoms with Crippen LogP contribution in [0.25, 0.3) is 0 Å². The van der Waals surface area contributed by atoms with Crippen LogP contribution in [-0.2, 0) is 13.3 Å². The van der Waals surface area contributed by atoms with Gasteiger partial charge in [-0.2, -0.15) is 0 Å². The molecular formula is C7H21NO3Si. The Morgan fingerprint density at radius 1 is 1.00 bits per heavy atom. The summed E-state index contributed by atoms with van der Waals surface area (Å²) < 4.78 is 15.2. The molecule has 0 fully saturated rings. The fraction of sp³-hybridized carbons (Fsp3) is 1.00. The van der Waals surface area contributed by atoms with Crippen molar-refractivity contribution in [1.82, 2.24) is 0 Å². The summed E-state index contributed by atoms with van der Waals surface area (Å²) in [5.74, 6) is 0. The van der Waals surface area contributed by atoms with E-state index < -0.39 is 8.80 Å². The van der Waals surface area contributed by atoms with Crippen molar-refractivity contribution in [2.24, 2.45) is 5.73 Å². The number of rotatable bonds is 4. The zero-order valence-electron chi connectivity index (χ0n) is 8.72. The fourth-order valence-electron chi connectivity index (χ4n) is 0.683. The summed E-state index contributed by atoms with van der Waals surface area (Å²) in [6.45, 7) is 4.64. The summed E-state index contributed by atoms with van der Waals surface area (Å²) in [5.41, 5.74) is 4.85. The van der Waals surface area contributed by atoms with Crippen LogP contribution in [0.15, 0.2) is 0 Å². The Morgan fingerprint density at radius 2 is 1.25 bits per heavy atom. The smallest absolute Gasteiger partial charge is 0.377 e. The van der Waals surface area contributed by atoms with E-state index in [1.54, 1.807) is 21.3 Å². The minimum absolute atomic E-state index is 0.750. The minimum atomic E-state index is -2.19. The van der Waals surface area contributed by atoms with Crippen LogP contribution in [-0.4, -0.2) is 36.7 Å². The zero-order chi connectivity index (χ0) is 10.0. The Labute approximate surface area is 76.4 Å². The van der Waals surface area contributed by atoms with Gasteiger partial charge in [0.1, 0.15) is 0 Å². The van der Waals surface area contributed by atoms with E-state index in [0.717, 1.165) is 12.6 Å². The average molecular weight is 195 g/mol. The third-order valence-corrected chi connectivity index (χ3v) is 4.10. The van der Waals surface area contributed by atoms with Crippen LogP contribution in [0.3, 0.4) is 0 Å². The molecule has 76 valence electrons. The molecule has 0 aliphatic heterocycles. The van der Waals surface area contributed by atoms with Gasteiger partial charge in [-0.3, -0.25) is 0 Å². The van der Waals surface area contributed by atoms with Crippen molar-refractivity contribution in [3.8, 4) is 0 Å². The highest BCUT2D eigenvalue weighted by atomic mass is 28.4. The first-order valence-corrected chi connectivity index (χ1v) is 5.94. The maximum atomic E-state index is 5.08. The molecule has 0 heterocycles. The largest absolute Gasteiger partial charge is 0.499 e. The normalized spacial score (nSPS) is 10.5. The lowest BCUT2D eigenvalue weighted by atomic mass is 10.8. The van der Waals surface area contributed by atoms with E-state index >= 15 is 0 Å². The van der Waals surface area contributed by atoms with E-state index in [1.807, 2.05) is 13.8 Å². The van der Waals surface area contributed by atoms with Crippen LogP contribution in [0.5, 0.6) is 0 Å². The SMILES string of the molecule is CCN.CC[Si](OC)(OC)OC. The number of hydrogen-bond acceptors (Lipinski definition) is 4. The molecule has 12 heavy (non-hydrogen) atoms. The highest BCUT2D eigenvalue weighted by molar-refractivity contribution is 6.60. The lowest BCUT2D eigenvalue weighted by Gasteiger charge is -2.22. The quantitative estimate of drug-likeness (QED) is 0.676. The second-order valence-electron chi connectivity index (χ2n) is 2.06. The van der Waals surface area contributed by atoms with Crippen LogP contribution in [0.1, 0.15) is 13.8 Å². The van der Waals surface area contributed by atoms with Gasteiger partial charge >= 0.3 is 8.80 Å². The molecule has 0 radical (unpaired) electrons. The van der Waals surface area contributed by atoms with Crippen molar-refractivity contribution in [1.29, 1.82) is 0 Å². The standard InChI is InChI=1S/C5H14O3Si.C2H7N/c1-5-9(6-2,7-3)8-4;1-2-3/h5H2,1-4H3;2-3H2,1H3. The van der Waals surface area contributed by atoms with Gasteiger partial charge in [-0.25, -0.2) is 0 Å². The predicted molar refractivity (Wildman–Crippen MR) is 52.0 cm³/mol. The second-order valence-corrected chi connectivity index (χ2v) is 5.36. The first kappa shape index (κ1) is 14.6. The Hall–Kier alpha value is 0.0569. The van der Waals surface area contributed by atoms with E-state index in [0.29, 0.717) is 0 Å². The maximum absolute atomic E-state index is 5.08. The fourth-order valence-corrected chi connectivity index (χ4v) is 2.05. The minimum Gasteiger partial charge on any atom is -0.377 e. The Bertz CT molecular complexity index is 71.2. The summed E-state index contributed by atoms with van der Waals surface area (Å²) in [4.78, 5) is 0. The van der Waals surface area contributed by atoms with Crippen LogP contribution < -0.4 is 5.73 Å². The summed E-state index contributed by atoms with van der Waals surface area (Å²) in [6.07, 6.45) is 0. The number of hydrogen-bond donors (Lipinski definition) is 1. The van der Waals surface area contributed by atoms with Gasteiger partial charge in [0.15, 0.2) is 0 Å². The predicted octanol–water partition coefficient (Wildman–Crippen LogP) is 0.849. The van der Waals surface area contributed by atoms with E-state index in [1.165, 1.54) is 0 Å². The van der Waals surface area contributed by atoms with Crippen LogP contribution in [0.2, 0.25) is 6.04 Å². The first-order chi connectivity index (χ1) is 5.66. The molecule has 0 rings (SSSR count). The van der Waals surface area contributed by atoms with Gasteiger partial charge in [-0.1, -0.05) is 13.8 Å². The average Bonchev–Trinajstić information content (AvgIpc) is 2.11.